The number of sulfonamides is 1. The SMILES string of the molecule is O=S(=O)(c1cccs1)N1CCC[C@H](c2nc3ccccc3o2)C1. The number of rotatable bonds is 3. The molecular weight excluding hydrogens is 332 g/mol. The second-order valence-corrected chi connectivity index (χ2v) is 8.77. The van der Waals surface area contributed by atoms with Crippen molar-refractivity contribution in [3.05, 3.63) is 47.7 Å². The van der Waals surface area contributed by atoms with Gasteiger partial charge in [-0.05, 0) is 36.4 Å². The molecule has 0 bridgehead atoms. The third kappa shape index (κ3) is 2.69. The van der Waals surface area contributed by atoms with Crippen molar-refractivity contribution in [1.82, 2.24) is 9.29 Å². The van der Waals surface area contributed by atoms with Crippen LogP contribution in [0.1, 0.15) is 24.7 Å². The molecule has 0 spiro atoms. The summed E-state index contributed by atoms with van der Waals surface area (Å²) in [7, 11) is -3.41. The molecule has 1 aliphatic rings. The molecule has 1 aliphatic heterocycles. The third-order valence-corrected chi connectivity index (χ3v) is 7.37. The van der Waals surface area contributed by atoms with E-state index in [-0.39, 0.29) is 5.92 Å². The molecule has 0 radical (unpaired) electrons. The first-order chi connectivity index (χ1) is 11.1. The van der Waals surface area contributed by atoms with Crippen molar-refractivity contribution in [2.24, 2.45) is 0 Å². The highest BCUT2D eigenvalue weighted by molar-refractivity contribution is 7.91. The van der Waals surface area contributed by atoms with E-state index in [1.54, 1.807) is 21.8 Å². The van der Waals surface area contributed by atoms with Gasteiger partial charge in [0.05, 0.1) is 0 Å². The molecular formula is C16H16N2O3S2. The predicted octanol–water partition coefficient (Wildman–Crippen LogP) is 3.46. The van der Waals surface area contributed by atoms with Crippen LogP contribution in [0.2, 0.25) is 0 Å². The number of fused-ring (bicyclic) bond motifs is 1. The van der Waals surface area contributed by atoms with E-state index >= 15 is 0 Å². The summed E-state index contributed by atoms with van der Waals surface area (Å²) in [4.78, 5) is 4.53. The zero-order valence-electron chi connectivity index (χ0n) is 12.4. The molecule has 0 amide bonds. The van der Waals surface area contributed by atoms with Crippen molar-refractivity contribution >= 4 is 32.5 Å². The first kappa shape index (κ1) is 14.9. The molecule has 1 aromatic carbocycles. The number of hydrogen-bond donors (Lipinski definition) is 0. The van der Waals surface area contributed by atoms with E-state index in [1.165, 1.54) is 11.3 Å². The van der Waals surface area contributed by atoms with Gasteiger partial charge in [-0.1, -0.05) is 18.2 Å². The summed E-state index contributed by atoms with van der Waals surface area (Å²) in [6.45, 7) is 0.976. The maximum Gasteiger partial charge on any atom is 0.252 e. The van der Waals surface area contributed by atoms with Gasteiger partial charge in [0, 0.05) is 19.0 Å². The molecule has 0 aliphatic carbocycles. The van der Waals surface area contributed by atoms with Crippen LogP contribution in [0.4, 0.5) is 0 Å². The van der Waals surface area contributed by atoms with Crippen LogP contribution in [-0.2, 0) is 10.0 Å². The lowest BCUT2D eigenvalue weighted by molar-refractivity contribution is 0.289. The zero-order chi connectivity index (χ0) is 15.9. The number of oxazole rings is 1. The molecule has 5 nitrogen and oxygen atoms in total. The molecule has 7 heteroatoms. The fourth-order valence-electron chi connectivity index (χ4n) is 2.96. The Morgan fingerprint density at radius 1 is 1.22 bits per heavy atom. The molecule has 4 rings (SSSR count). The first-order valence-electron chi connectivity index (χ1n) is 7.54. The van der Waals surface area contributed by atoms with Crippen molar-refractivity contribution in [3.63, 3.8) is 0 Å². The number of benzene rings is 1. The minimum absolute atomic E-state index is 0.00545. The lowest BCUT2D eigenvalue weighted by atomic mass is 10.00. The minimum atomic E-state index is -3.41. The Kier molecular flexibility index (Phi) is 3.71. The highest BCUT2D eigenvalue weighted by Crippen LogP contribution is 2.32. The normalized spacial score (nSPS) is 20.1. The van der Waals surface area contributed by atoms with Gasteiger partial charge in [-0.15, -0.1) is 11.3 Å². The van der Waals surface area contributed by atoms with Crippen LogP contribution in [0.25, 0.3) is 11.1 Å². The Labute approximate surface area is 138 Å². The number of para-hydroxylation sites is 2. The van der Waals surface area contributed by atoms with Gasteiger partial charge in [0.15, 0.2) is 11.5 Å². The predicted molar refractivity (Wildman–Crippen MR) is 89.1 cm³/mol. The number of aromatic nitrogens is 1. The second kappa shape index (κ2) is 5.74. The van der Waals surface area contributed by atoms with Gasteiger partial charge in [0.1, 0.15) is 9.73 Å². The Morgan fingerprint density at radius 2 is 2.09 bits per heavy atom. The van der Waals surface area contributed by atoms with Crippen LogP contribution >= 0.6 is 11.3 Å². The van der Waals surface area contributed by atoms with E-state index < -0.39 is 10.0 Å². The molecule has 0 N–H and O–H groups in total. The van der Waals surface area contributed by atoms with Crippen LogP contribution in [0.15, 0.2) is 50.4 Å². The molecule has 0 unspecified atom stereocenters. The minimum Gasteiger partial charge on any atom is -0.440 e. The Hall–Kier alpha value is -1.70. The Balaban J connectivity index is 1.62. The summed E-state index contributed by atoms with van der Waals surface area (Å²) in [5.74, 6) is 0.642. The fraction of sp³-hybridized carbons (Fsp3) is 0.312. The van der Waals surface area contributed by atoms with E-state index in [2.05, 4.69) is 4.98 Å². The van der Waals surface area contributed by atoms with Crippen LogP contribution in [0.5, 0.6) is 0 Å². The standard InChI is InChI=1S/C16H16N2O3S2/c19-23(20,15-8-4-10-22-15)18-9-3-5-12(11-18)16-17-13-6-1-2-7-14(13)21-16/h1-2,4,6-8,10,12H,3,5,9,11H2/t12-/m0/s1. The van der Waals surface area contributed by atoms with Gasteiger partial charge < -0.3 is 4.42 Å². The Morgan fingerprint density at radius 3 is 2.87 bits per heavy atom. The summed E-state index contributed by atoms with van der Waals surface area (Å²) >= 11 is 1.26. The highest BCUT2D eigenvalue weighted by Gasteiger charge is 2.33. The summed E-state index contributed by atoms with van der Waals surface area (Å²) in [6.07, 6.45) is 1.71. The number of hydrogen-bond acceptors (Lipinski definition) is 5. The number of piperidine rings is 1. The number of thiophene rings is 1. The monoisotopic (exact) mass is 348 g/mol. The van der Waals surface area contributed by atoms with Crippen molar-refractivity contribution < 1.29 is 12.8 Å². The van der Waals surface area contributed by atoms with Crippen LogP contribution in [-0.4, -0.2) is 30.8 Å². The average Bonchev–Trinajstić information content (AvgIpc) is 3.24. The average molecular weight is 348 g/mol. The lowest BCUT2D eigenvalue weighted by Crippen LogP contribution is -2.38. The van der Waals surface area contributed by atoms with Crippen molar-refractivity contribution in [1.29, 1.82) is 0 Å². The van der Waals surface area contributed by atoms with Gasteiger partial charge in [-0.2, -0.15) is 4.31 Å². The first-order valence-corrected chi connectivity index (χ1v) is 9.86. The maximum absolute atomic E-state index is 12.7. The van der Waals surface area contributed by atoms with E-state index in [1.807, 2.05) is 24.3 Å². The van der Waals surface area contributed by atoms with E-state index in [0.717, 1.165) is 23.9 Å². The van der Waals surface area contributed by atoms with Crippen molar-refractivity contribution in [2.75, 3.05) is 13.1 Å². The Bertz CT molecular complexity index is 883. The topological polar surface area (TPSA) is 63.4 Å². The molecule has 0 saturated carbocycles. The molecule has 1 fully saturated rings. The van der Waals surface area contributed by atoms with Gasteiger partial charge in [0.25, 0.3) is 10.0 Å². The molecule has 120 valence electrons. The van der Waals surface area contributed by atoms with Gasteiger partial charge in [-0.25, -0.2) is 13.4 Å². The van der Waals surface area contributed by atoms with E-state index in [0.29, 0.717) is 23.2 Å². The van der Waals surface area contributed by atoms with E-state index in [4.69, 9.17) is 4.42 Å². The summed E-state index contributed by atoms with van der Waals surface area (Å²) in [5.41, 5.74) is 1.57. The largest absolute Gasteiger partial charge is 0.440 e. The zero-order valence-corrected chi connectivity index (χ0v) is 14.0. The molecule has 1 saturated heterocycles. The summed E-state index contributed by atoms with van der Waals surface area (Å²) in [5, 5.41) is 1.79. The second-order valence-electron chi connectivity index (χ2n) is 5.65. The van der Waals surface area contributed by atoms with Crippen LogP contribution < -0.4 is 0 Å². The maximum atomic E-state index is 12.7. The molecule has 1 atom stereocenters. The van der Waals surface area contributed by atoms with Gasteiger partial charge >= 0.3 is 0 Å². The molecule has 2 aromatic heterocycles. The molecule has 3 heterocycles. The van der Waals surface area contributed by atoms with Crippen LogP contribution in [0, 0.1) is 0 Å². The quantitative estimate of drug-likeness (QED) is 0.727. The summed E-state index contributed by atoms with van der Waals surface area (Å²) in [6, 6.07) is 11.0. The highest BCUT2D eigenvalue weighted by atomic mass is 32.2. The lowest BCUT2D eigenvalue weighted by Gasteiger charge is -2.29. The molecule has 23 heavy (non-hydrogen) atoms. The van der Waals surface area contributed by atoms with E-state index in [9.17, 15) is 8.42 Å². The fourth-order valence-corrected chi connectivity index (χ4v) is 5.63. The van der Waals surface area contributed by atoms with Crippen molar-refractivity contribution in [3.8, 4) is 0 Å². The number of nitrogens with zero attached hydrogens (tertiary/aromatic N) is 2. The molecule has 3 aromatic rings. The van der Waals surface area contributed by atoms with Crippen LogP contribution in [0.3, 0.4) is 0 Å². The van der Waals surface area contributed by atoms with Gasteiger partial charge in [-0.3, -0.25) is 0 Å². The smallest absolute Gasteiger partial charge is 0.252 e. The summed E-state index contributed by atoms with van der Waals surface area (Å²) < 4.78 is 33.2. The van der Waals surface area contributed by atoms with Gasteiger partial charge in [0.2, 0.25) is 0 Å². The third-order valence-electron chi connectivity index (χ3n) is 4.13. The van der Waals surface area contributed by atoms with Crippen molar-refractivity contribution in [2.45, 2.75) is 23.0 Å².